The highest BCUT2D eigenvalue weighted by atomic mass is 16.2. The second-order valence-electron chi connectivity index (χ2n) is 8.61. The van der Waals surface area contributed by atoms with E-state index in [-0.39, 0.29) is 24.4 Å². The van der Waals surface area contributed by atoms with Crippen LogP contribution in [0, 0.1) is 0 Å². The summed E-state index contributed by atoms with van der Waals surface area (Å²) in [6.07, 6.45) is 17.9. The van der Waals surface area contributed by atoms with E-state index in [0.717, 1.165) is 38.6 Å². The lowest BCUT2D eigenvalue weighted by Gasteiger charge is -2.36. The van der Waals surface area contributed by atoms with Gasteiger partial charge in [0.1, 0.15) is 0 Å². The van der Waals surface area contributed by atoms with E-state index in [9.17, 15) is 9.59 Å². The summed E-state index contributed by atoms with van der Waals surface area (Å²) in [7, 11) is 0. The molecule has 1 aliphatic rings. The van der Waals surface area contributed by atoms with Gasteiger partial charge in [-0.1, -0.05) is 71.1 Å². The predicted octanol–water partition coefficient (Wildman–Crippen LogP) is 3.47. The monoisotopic (exact) mass is 410 g/mol. The highest BCUT2D eigenvalue weighted by molar-refractivity contribution is 5.82. The molecule has 5 N–H and O–H groups in total. The molecule has 0 spiro atoms. The Morgan fingerprint density at radius 1 is 0.966 bits per heavy atom. The predicted molar refractivity (Wildman–Crippen MR) is 120 cm³/mol. The van der Waals surface area contributed by atoms with E-state index >= 15 is 0 Å². The molecule has 1 saturated heterocycles. The number of carbonyl (C=O) groups is 2. The van der Waals surface area contributed by atoms with Crippen molar-refractivity contribution in [2.24, 2.45) is 11.5 Å². The van der Waals surface area contributed by atoms with Crippen molar-refractivity contribution < 1.29 is 9.59 Å². The van der Waals surface area contributed by atoms with Gasteiger partial charge in [0.15, 0.2) is 0 Å². The van der Waals surface area contributed by atoms with Crippen LogP contribution in [0.2, 0.25) is 0 Å². The largest absolute Gasteiger partial charge is 0.353 e. The van der Waals surface area contributed by atoms with Gasteiger partial charge in [-0.05, 0) is 25.7 Å². The van der Waals surface area contributed by atoms with E-state index in [1.54, 1.807) is 0 Å². The van der Waals surface area contributed by atoms with Crippen molar-refractivity contribution in [3.05, 3.63) is 0 Å². The third-order valence-electron chi connectivity index (χ3n) is 6.04. The van der Waals surface area contributed by atoms with Gasteiger partial charge in [-0.3, -0.25) is 9.59 Å². The van der Waals surface area contributed by atoms with Crippen LogP contribution in [0.3, 0.4) is 0 Å². The summed E-state index contributed by atoms with van der Waals surface area (Å²) in [6.45, 7) is 3.68. The van der Waals surface area contributed by atoms with E-state index in [2.05, 4.69) is 12.2 Å². The van der Waals surface area contributed by atoms with Gasteiger partial charge in [0.25, 0.3) is 0 Å². The molecule has 0 saturated carbocycles. The number of nitrogens with zero attached hydrogens (tertiary/aromatic N) is 1. The maximum Gasteiger partial charge on any atom is 0.238 e. The molecule has 0 aromatic rings. The minimum absolute atomic E-state index is 0.0953. The Hall–Kier alpha value is -1.14. The lowest BCUT2D eigenvalue weighted by Crippen LogP contribution is -2.52. The SMILES string of the molecule is CCCCCCCCCCCCCC(=O)N1CCCCC1CNC(=O)C(N)CN. The third-order valence-corrected chi connectivity index (χ3v) is 6.04. The van der Waals surface area contributed by atoms with Crippen molar-refractivity contribution in [3.63, 3.8) is 0 Å². The van der Waals surface area contributed by atoms with Crippen molar-refractivity contribution in [1.29, 1.82) is 0 Å². The van der Waals surface area contributed by atoms with Crippen molar-refractivity contribution in [1.82, 2.24) is 10.2 Å². The van der Waals surface area contributed by atoms with E-state index in [1.807, 2.05) is 4.90 Å². The summed E-state index contributed by atoms with van der Waals surface area (Å²) in [5.74, 6) is 0.0128. The van der Waals surface area contributed by atoms with Crippen LogP contribution in [0.5, 0.6) is 0 Å². The molecule has 1 aliphatic heterocycles. The Labute approximate surface area is 178 Å². The Morgan fingerprint density at radius 3 is 2.14 bits per heavy atom. The third kappa shape index (κ3) is 11.6. The Bertz CT molecular complexity index is 445. The molecule has 1 heterocycles. The summed E-state index contributed by atoms with van der Waals surface area (Å²) in [4.78, 5) is 26.5. The van der Waals surface area contributed by atoms with Crippen molar-refractivity contribution >= 4 is 11.8 Å². The molecule has 0 aromatic heterocycles. The molecule has 0 aromatic carbocycles. The van der Waals surface area contributed by atoms with Gasteiger partial charge in [-0.2, -0.15) is 0 Å². The van der Waals surface area contributed by atoms with Crippen LogP contribution in [-0.4, -0.2) is 48.4 Å². The normalized spacial score (nSPS) is 17.9. The zero-order valence-corrected chi connectivity index (χ0v) is 18.8. The molecule has 0 radical (unpaired) electrons. The number of hydrogen-bond acceptors (Lipinski definition) is 4. The lowest BCUT2D eigenvalue weighted by molar-refractivity contribution is -0.135. The van der Waals surface area contributed by atoms with Crippen LogP contribution in [-0.2, 0) is 9.59 Å². The highest BCUT2D eigenvalue weighted by Gasteiger charge is 2.27. The fraction of sp³-hybridized carbons (Fsp3) is 0.913. The van der Waals surface area contributed by atoms with Gasteiger partial charge >= 0.3 is 0 Å². The van der Waals surface area contributed by atoms with Gasteiger partial charge in [-0.15, -0.1) is 0 Å². The average molecular weight is 411 g/mol. The van der Waals surface area contributed by atoms with Crippen LogP contribution < -0.4 is 16.8 Å². The maximum absolute atomic E-state index is 12.7. The first-order valence-electron chi connectivity index (χ1n) is 12.1. The van der Waals surface area contributed by atoms with Crippen LogP contribution in [0.15, 0.2) is 0 Å². The number of rotatable bonds is 16. The molecule has 0 bridgehead atoms. The van der Waals surface area contributed by atoms with Crippen molar-refractivity contribution in [2.75, 3.05) is 19.6 Å². The van der Waals surface area contributed by atoms with E-state index in [0.29, 0.717) is 13.0 Å². The van der Waals surface area contributed by atoms with E-state index in [4.69, 9.17) is 11.5 Å². The van der Waals surface area contributed by atoms with Gasteiger partial charge in [0.05, 0.1) is 6.04 Å². The first-order valence-corrected chi connectivity index (χ1v) is 12.1. The summed E-state index contributed by atoms with van der Waals surface area (Å²) in [5, 5.41) is 2.86. The maximum atomic E-state index is 12.7. The Balaban J connectivity index is 2.14. The van der Waals surface area contributed by atoms with Crippen LogP contribution in [0.25, 0.3) is 0 Å². The molecule has 0 aliphatic carbocycles. The molecule has 170 valence electrons. The number of piperidine rings is 1. The molecule has 1 fully saturated rings. The molecule has 1 rings (SSSR count). The zero-order chi connectivity index (χ0) is 21.3. The summed E-state index contributed by atoms with van der Waals surface area (Å²) >= 11 is 0. The van der Waals surface area contributed by atoms with Gasteiger partial charge in [0.2, 0.25) is 11.8 Å². The van der Waals surface area contributed by atoms with Crippen molar-refractivity contribution in [2.45, 2.75) is 115 Å². The molecule has 2 atom stereocenters. The number of amides is 2. The lowest BCUT2D eigenvalue weighted by atomic mass is 10.0. The topological polar surface area (TPSA) is 101 Å². The van der Waals surface area contributed by atoms with Crippen LogP contribution in [0.1, 0.15) is 103 Å². The summed E-state index contributed by atoms with van der Waals surface area (Å²) in [6, 6.07) is -0.572. The molecule has 2 amide bonds. The number of likely N-dealkylation sites (tertiary alicyclic amines) is 1. The van der Waals surface area contributed by atoms with E-state index < -0.39 is 6.04 Å². The quantitative estimate of drug-likeness (QED) is 0.339. The second kappa shape index (κ2) is 16.6. The zero-order valence-electron chi connectivity index (χ0n) is 18.8. The fourth-order valence-corrected chi connectivity index (χ4v) is 4.08. The molecule has 29 heavy (non-hydrogen) atoms. The standard InChI is InChI=1S/C23H46N4O2/c1-2-3-4-5-6-7-8-9-10-11-12-16-22(28)27-17-14-13-15-20(27)19-26-23(29)21(25)18-24/h20-21H,2-19,24-25H2,1H3,(H,26,29). The number of hydrogen-bond donors (Lipinski definition) is 3. The van der Waals surface area contributed by atoms with Gasteiger partial charge in [0, 0.05) is 32.1 Å². The smallest absolute Gasteiger partial charge is 0.238 e. The first kappa shape index (κ1) is 25.9. The summed E-state index contributed by atoms with van der Waals surface area (Å²) < 4.78 is 0. The number of nitrogens with two attached hydrogens (primary N) is 2. The van der Waals surface area contributed by atoms with Crippen LogP contribution >= 0.6 is 0 Å². The number of carbonyl (C=O) groups excluding carboxylic acids is 2. The van der Waals surface area contributed by atoms with Crippen molar-refractivity contribution in [3.8, 4) is 0 Å². The Morgan fingerprint density at radius 2 is 1.55 bits per heavy atom. The minimum Gasteiger partial charge on any atom is -0.353 e. The summed E-state index contributed by atoms with van der Waals surface area (Å²) in [5.41, 5.74) is 11.1. The molecule has 2 unspecified atom stereocenters. The van der Waals surface area contributed by atoms with Gasteiger partial charge < -0.3 is 21.7 Å². The molecular formula is C23H46N4O2. The number of unbranched alkanes of at least 4 members (excludes halogenated alkanes) is 10. The van der Waals surface area contributed by atoms with Crippen LogP contribution in [0.4, 0.5) is 0 Å². The highest BCUT2D eigenvalue weighted by Crippen LogP contribution is 2.19. The minimum atomic E-state index is -0.668. The average Bonchev–Trinajstić information content (AvgIpc) is 2.75. The second-order valence-corrected chi connectivity index (χ2v) is 8.61. The van der Waals surface area contributed by atoms with E-state index in [1.165, 1.54) is 57.8 Å². The molecule has 6 heteroatoms. The molecule has 6 nitrogen and oxygen atoms in total. The first-order chi connectivity index (χ1) is 14.1. The number of nitrogens with one attached hydrogen (secondary N) is 1. The molecular weight excluding hydrogens is 364 g/mol. The van der Waals surface area contributed by atoms with Gasteiger partial charge in [-0.25, -0.2) is 0 Å². The fourth-order valence-electron chi connectivity index (χ4n) is 4.08. The Kier molecular flexibility index (Phi) is 14.9.